The fraction of sp³-hybridized carbons (Fsp3) is 1.00. The lowest BCUT2D eigenvalue weighted by Gasteiger charge is -2.19. The van der Waals surface area contributed by atoms with Crippen molar-refractivity contribution >= 4 is 0 Å². The van der Waals surface area contributed by atoms with E-state index in [0.717, 1.165) is 13.0 Å². The second kappa shape index (κ2) is 4.04. The van der Waals surface area contributed by atoms with Crippen molar-refractivity contribution in [2.75, 3.05) is 13.2 Å². The molecule has 1 aliphatic rings. The van der Waals surface area contributed by atoms with Crippen molar-refractivity contribution < 1.29 is 9.84 Å². The quantitative estimate of drug-likeness (QED) is 0.615. The summed E-state index contributed by atoms with van der Waals surface area (Å²) >= 11 is 0. The van der Waals surface area contributed by atoms with Crippen LogP contribution in [0.2, 0.25) is 0 Å². The highest BCUT2D eigenvalue weighted by atomic mass is 16.5. The van der Waals surface area contributed by atoms with Gasteiger partial charge in [-0.25, -0.2) is 0 Å². The normalized spacial score (nSPS) is 34.1. The molecule has 11 heavy (non-hydrogen) atoms. The van der Waals surface area contributed by atoms with E-state index < -0.39 is 0 Å². The zero-order valence-electron chi connectivity index (χ0n) is 6.99. The minimum atomic E-state index is -0.266. The molecule has 66 valence electrons. The van der Waals surface area contributed by atoms with E-state index in [1.807, 2.05) is 6.92 Å². The molecule has 1 fully saturated rings. The van der Waals surface area contributed by atoms with Crippen LogP contribution in [0.15, 0.2) is 0 Å². The number of aliphatic hydroxyl groups is 1. The van der Waals surface area contributed by atoms with Crippen LogP contribution in [0.4, 0.5) is 0 Å². The fourth-order valence-corrected chi connectivity index (χ4v) is 1.64. The third-order valence-corrected chi connectivity index (χ3v) is 2.39. The van der Waals surface area contributed by atoms with Gasteiger partial charge in [0.05, 0.1) is 12.2 Å². The van der Waals surface area contributed by atoms with E-state index in [1.54, 1.807) is 0 Å². The second-order valence-electron chi connectivity index (χ2n) is 3.17. The molecule has 3 N–H and O–H groups in total. The van der Waals surface area contributed by atoms with Gasteiger partial charge in [-0.1, -0.05) is 0 Å². The maximum absolute atomic E-state index is 9.56. The summed E-state index contributed by atoms with van der Waals surface area (Å²) in [5, 5.41) is 9.56. The average molecular weight is 159 g/mol. The molecule has 0 saturated carbocycles. The van der Waals surface area contributed by atoms with Gasteiger partial charge in [-0.3, -0.25) is 0 Å². The predicted octanol–water partition coefficient (Wildman–Crippen LogP) is 0.121. The molecular formula is C8H17NO2. The van der Waals surface area contributed by atoms with Crippen molar-refractivity contribution in [2.24, 2.45) is 11.7 Å². The van der Waals surface area contributed by atoms with Crippen molar-refractivity contribution in [3.63, 3.8) is 0 Å². The van der Waals surface area contributed by atoms with Gasteiger partial charge in [0.1, 0.15) is 0 Å². The highest BCUT2D eigenvalue weighted by molar-refractivity contribution is 4.79. The Labute approximate surface area is 67.5 Å². The van der Waals surface area contributed by atoms with Crippen LogP contribution in [0, 0.1) is 5.92 Å². The van der Waals surface area contributed by atoms with Crippen LogP contribution in [0.3, 0.4) is 0 Å². The molecule has 0 aromatic rings. The van der Waals surface area contributed by atoms with Crippen LogP contribution in [0.25, 0.3) is 0 Å². The first kappa shape index (κ1) is 8.97. The van der Waals surface area contributed by atoms with Crippen molar-refractivity contribution in [1.29, 1.82) is 0 Å². The summed E-state index contributed by atoms with van der Waals surface area (Å²) in [5.41, 5.74) is 5.34. The van der Waals surface area contributed by atoms with Crippen molar-refractivity contribution in [2.45, 2.75) is 32.0 Å². The van der Waals surface area contributed by atoms with E-state index in [0.29, 0.717) is 18.9 Å². The third-order valence-electron chi connectivity index (χ3n) is 2.39. The average Bonchev–Trinajstić information content (AvgIpc) is 2.36. The maximum Gasteiger partial charge on any atom is 0.0605 e. The molecule has 0 amide bonds. The third kappa shape index (κ3) is 2.15. The van der Waals surface area contributed by atoms with Crippen LogP contribution >= 0.6 is 0 Å². The SMILES string of the molecule is CC1OCCC1C(O)CCN. The van der Waals surface area contributed by atoms with E-state index in [4.69, 9.17) is 10.5 Å². The maximum atomic E-state index is 9.56. The van der Waals surface area contributed by atoms with E-state index >= 15 is 0 Å². The lowest BCUT2D eigenvalue weighted by atomic mass is 9.94. The zero-order valence-corrected chi connectivity index (χ0v) is 6.99. The van der Waals surface area contributed by atoms with Gasteiger partial charge in [-0.15, -0.1) is 0 Å². The highest BCUT2D eigenvalue weighted by Gasteiger charge is 2.29. The van der Waals surface area contributed by atoms with E-state index in [9.17, 15) is 5.11 Å². The molecule has 0 spiro atoms. The van der Waals surface area contributed by atoms with Gasteiger partial charge in [-0.2, -0.15) is 0 Å². The number of nitrogens with two attached hydrogens (primary N) is 1. The molecule has 3 unspecified atom stereocenters. The number of hydrogen-bond donors (Lipinski definition) is 2. The molecule has 0 radical (unpaired) electrons. The van der Waals surface area contributed by atoms with Gasteiger partial charge < -0.3 is 15.6 Å². The summed E-state index contributed by atoms with van der Waals surface area (Å²) in [5.74, 6) is 0.304. The molecular weight excluding hydrogens is 142 g/mol. The van der Waals surface area contributed by atoms with Crippen LogP contribution in [0.5, 0.6) is 0 Å². The molecule has 3 nitrogen and oxygen atoms in total. The number of ether oxygens (including phenoxy) is 1. The van der Waals surface area contributed by atoms with Crippen LogP contribution in [-0.2, 0) is 4.74 Å². The molecule has 3 atom stereocenters. The van der Waals surface area contributed by atoms with Gasteiger partial charge in [0.2, 0.25) is 0 Å². The molecule has 0 aromatic carbocycles. The van der Waals surface area contributed by atoms with Gasteiger partial charge >= 0.3 is 0 Å². The fourth-order valence-electron chi connectivity index (χ4n) is 1.64. The number of rotatable bonds is 3. The summed E-state index contributed by atoms with van der Waals surface area (Å²) in [7, 11) is 0. The molecule has 0 aromatic heterocycles. The van der Waals surface area contributed by atoms with E-state index in [1.165, 1.54) is 0 Å². The Bertz CT molecular complexity index is 119. The minimum absolute atomic E-state index is 0.205. The topological polar surface area (TPSA) is 55.5 Å². The summed E-state index contributed by atoms with van der Waals surface area (Å²) in [6.07, 6.45) is 1.61. The molecule has 0 aliphatic carbocycles. The predicted molar refractivity (Wildman–Crippen MR) is 43.2 cm³/mol. The molecule has 1 rings (SSSR count). The van der Waals surface area contributed by atoms with Crippen molar-refractivity contribution in [3.8, 4) is 0 Å². The Kier molecular flexibility index (Phi) is 3.30. The number of hydrogen-bond acceptors (Lipinski definition) is 3. The first-order valence-electron chi connectivity index (χ1n) is 4.25. The molecule has 0 bridgehead atoms. The lowest BCUT2D eigenvalue weighted by molar-refractivity contribution is 0.0409. The van der Waals surface area contributed by atoms with E-state index in [-0.39, 0.29) is 12.2 Å². The summed E-state index contributed by atoms with van der Waals surface area (Å²) in [6, 6.07) is 0. The monoisotopic (exact) mass is 159 g/mol. The molecule has 1 heterocycles. The Balaban J connectivity index is 2.33. The van der Waals surface area contributed by atoms with Crippen LogP contribution in [0.1, 0.15) is 19.8 Å². The molecule has 1 saturated heterocycles. The summed E-state index contributed by atoms with van der Waals surface area (Å²) in [4.78, 5) is 0. The second-order valence-corrected chi connectivity index (χ2v) is 3.17. The van der Waals surface area contributed by atoms with Gasteiger partial charge in [0, 0.05) is 12.5 Å². The van der Waals surface area contributed by atoms with Crippen molar-refractivity contribution in [3.05, 3.63) is 0 Å². The first-order valence-corrected chi connectivity index (χ1v) is 4.25. The lowest BCUT2D eigenvalue weighted by Crippen LogP contribution is -2.28. The Morgan fingerprint density at radius 2 is 2.45 bits per heavy atom. The summed E-state index contributed by atoms with van der Waals surface area (Å²) < 4.78 is 5.33. The van der Waals surface area contributed by atoms with Gasteiger partial charge in [-0.05, 0) is 26.3 Å². The molecule has 1 aliphatic heterocycles. The first-order chi connectivity index (χ1) is 5.25. The van der Waals surface area contributed by atoms with E-state index in [2.05, 4.69) is 0 Å². The van der Waals surface area contributed by atoms with Gasteiger partial charge in [0.15, 0.2) is 0 Å². The van der Waals surface area contributed by atoms with Crippen LogP contribution in [-0.4, -0.2) is 30.5 Å². The Morgan fingerprint density at radius 1 is 1.73 bits per heavy atom. The largest absolute Gasteiger partial charge is 0.393 e. The summed E-state index contributed by atoms with van der Waals surface area (Å²) in [6.45, 7) is 3.36. The number of aliphatic hydroxyl groups excluding tert-OH is 1. The molecule has 3 heteroatoms. The van der Waals surface area contributed by atoms with Crippen molar-refractivity contribution in [1.82, 2.24) is 0 Å². The van der Waals surface area contributed by atoms with Gasteiger partial charge in [0.25, 0.3) is 0 Å². The van der Waals surface area contributed by atoms with Crippen LogP contribution < -0.4 is 5.73 Å². The minimum Gasteiger partial charge on any atom is -0.393 e. The zero-order chi connectivity index (χ0) is 8.27. The standard InChI is InChI=1S/C8H17NO2/c1-6-7(3-5-11-6)8(10)2-4-9/h6-8,10H,2-5,9H2,1H3. The highest BCUT2D eigenvalue weighted by Crippen LogP contribution is 2.24. The smallest absolute Gasteiger partial charge is 0.0605 e. The Morgan fingerprint density at radius 3 is 2.91 bits per heavy atom. The Hall–Kier alpha value is -0.120.